The van der Waals surface area contributed by atoms with Crippen LogP contribution in [0.25, 0.3) is 11.5 Å². The molecule has 3 rings (SSSR count). The van der Waals surface area contributed by atoms with Gasteiger partial charge in [-0.05, 0) is 30.3 Å². The lowest BCUT2D eigenvalue weighted by Crippen LogP contribution is -2.33. The number of carbonyl (C=O) groups excluding carboxylic acids is 1. The summed E-state index contributed by atoms with van der Waals surface area (Å²) in [6, 6.07) is 18.6. The minimum Gasteiger partial charge on any atom is -0.497 e. The summed E-state index contributed by atoms with van der Waals surface area (Å²) >= 11 is 1.16. The van der Waals surface area contributed by atoms with E-state index in [1.54, 1.807) is 18.1 Å². The number of nitriles is 1. The number of nitrogens with zero attached hydrogens (tertiary/aromatic N) is 4. The van der Waals surface area contributed by atoms with Crippen molar-refractivity contribution in [2.24, 2.45) is 0 Å². The van der Waals surface area contributed by atoms with Gasteiger partial charge in [0.2, 0.25) is 11.8 Å². The lowest BCUT2D eigenvalue weighted by molar-refractivity contribution is -0.116. The number of para-hydroxylation sites is 1. The van der Waals surface area contributed by atoms with E-state index < -0.39 is 0 Å². The van der Waals surface area contributed by atoms with Gasteiger partial charge < -0.3 is 14.1 Å². The summed E-state index contributed by atoms with van der Waals surface area (Å²) in [5, 5.41) is 17.2. The Balaban J connectivity index is 1.66. The molecule has 0 N–H and O–H groups in total. The molecule has 1 aromatic heterocycles. The number of rotatable bonds is 8. The van der Waals surface area contributed by atoms with Gasteiger partial charge >= 0.3 is 0 Å². The fourth-order valence-corrected chi connectivity index (χ4v) is 3.15. The molecule has 0 radical (unpaired) electrons. The van der Waals surface area contributed by atoms with E-state index in [9.17, 15) is 4.79 Å². The number of hydrogen-bond acceptors (Lipinski definition) is 7. The van der Waals surface area contributed by atoms with E-state index in [1.807, 2.05) is 48.5 Å². The first-order chi connectivity index (χ1) is 13.7. The molecule has 0 saturated carbocycles. The Morgan fingerprint density at radius 1 is 1.21 bits per heavy atom. The van der Waals surface area contributed by atoms with Crippen molar-refractivity contribution >= 4 is 23.4 Å². The largest absolute Gasteiger partial charge is 0.497 e. The molecule has 2 aromatic carbocycles. The van der Waals surface area contributed by atoms with Crippen LogP contribution in [-0.4, -0.2) is 35.5 Å². The third-order valence-electron chi connectivity index (χ3n) is 3.86. The molecular formula is C20H18N4O3S. The Bertz CT molecular complexity index is 969. The zero-order valence-corrected chi connectivity index (χ0v) is 16.1. The van der Waals surface area contributed by atoms with Crippen molar-refractivity contribution in [2.75, 3.05) is 24.3 Å². The van der Waals surface area contributed by atoms with E-state index in [4.69, 9.17) is 14.4 Å². The van der Waals surface area contributed by atoms with Gasteiger partial charge in [0.25, 0.3) is 5.22 Å². The normalized spacial score (nSPS) is 10.3. The number of anilines is 1. The Morgan fingerprint density at radius 3 is 2.79 bits per heavy atom. The molecule has 0 fully saturated rings. The standard InChI is InChI=1S/C20H18N4O3S/c1-26-17-10-5-7-15(13-17)19-22-23-20(27-19)28-14-18(25)24(12-6-11-21)16-8-3-2-4-9-16/h2-5,7-10,13H,6,12,14H2,1H3. The van der Waals surface area contributed by atoms with E-state index >= 15 is 0 Å². The van der Waals surface area contributed by atoms with Gasteiger partial charge in [-0.1, -0.05) is 36.0 Å². The van der Waals surface area contributed by atoms with Crippen molar-refractivity contribution in [3.8, 4) is 23.3 Å². The molecule has 8 heteroatoms. The summed E-state index contributed by atoms with van der Waals surface area (Å²) in [5.74, 6) is 1.04. The molecule has 0 spiro atoms. The molecule has 0 unspecified atom stereocenters. The topological polar surface area (TPSA) is 92.3 Å². The number of benzene rings is 2. The summed E-state index contributed by atoms with van der Waals surface area (Å²) in [4.78, 5) is 14.3. The van der Waals surface area contributed by atoms with Crippen LogP contribution in [0.15, 0.2) is 64.2 Å². The summed E-state index contributed by atoms with van der Waals surface area (Å²) in [5.41, 5.74) is 1.50. The lowest BCUT2D eigenvalue weighted by atomic mass is 10.2. The molecule has 0 aliphatic rings. The van der Waals surface area contributed by atoms with Crippen molar-refractivity contribution in [2.45, 2.75) is 11.6 Å². The van der Waals surface area contributed by atoms with Crippen molar-refractivity contribution < 1.29 is 13.9 Å². The fraction of sp³-hybridized carbons (Fsp3) is 0.200. The van der Waals surface area contributed by atoms with Gasteiger partial charge in [-0.3, -0.25) is 4.79 Å². The first-order valence-electron chi connectivity index (χ1n) is 8.54. The molecule has 0 aliphatic heterocycles. The third-order valence-corrected chi connectivity index (χ3v) is 4.66. The van der Waals surface area contributed by atoms with Crippen LogP contribution < -0.4 is 9.64 Å². The highest BCUT2D eigenvalue weighted by atomic mass is 32.2. The Hall–Kier alpha value is -3.31. The number of hydrogen-bond donors (Lipinski definition) is 0. The molecule has 7 nitrogen and oxygen atoms in total. The maximum Gasteiger partial charge on any atom is 0.277 e. The fourth-order valence-electron chi connectivity index (χ4n) is 2.51. The van der Waals surface area contributed by atoms with Crippen LogP contribution >= 0.6 is 11.8 Å². The molecule has 0 bridgehead atoms. The van der Waals surface area contributed by atoms with E-state index in [1.165, 1.54) is 0 Å². The molecule has 28 heavy (non-hydrogen) atoms. The average Bonchev–Trinajstić information content (AvgIpc) is 3.22. The van der Waals surface area contributed by atoms with E-state index in [-0.39, 0.29) is 18.1 Å². The Morgan fingerprint density at radius 2 is 2.04 bits per heavy atom. The molecule has 3 aromatic rings. The molecule has 1 heterocycles. The van der Waals surface area contributed by atoms with Crippen molar-refractivity contribution in [3.63, 3.8) is 0 Å². The van der Waals surface area contributed by atoms with Crippen molar-refractivity contribution in [3.05, 3.63) is 54.6 Å². The molecule has 0 atom stereocenters. The van der Waals surface area contributed by atoms with E-state index in [0.29, 0.717) is 23.4 Å². The predicted octanol–water partition coefficient (Wildman–Crippen LogP) is 3.78. The predicted molar refractivity (Wildman–Crippen MR) is 106 cm³/mol. The first kappa shape index (κ1) is 19.5. The van der Waals surface area contributed by atoms with Crippen LogP contribution in [0.4, 0.5) is 5.69 Å². The number of carbonyl (C=O) groups is 1. The highest BCUT2D eigenvalue weighted by molar-refractivity contribution is 7.99. The van der Waals surface area contributed by atoms with Gasteiger partial charge in [0.1, 0.15) is 5.75 Å². The minimum absolute atomic E-state index is 0.125. The van der Waals surface area contributed by atoms with Gasteiger partial charge in [-0.2, -0.15) is 5.26 Å². The monoisotopic (exact) mass is 394 g/mol. The highest BCUT2D eigenvalue weighted by Gasteiger charge is 2.18. The maximum atomic E-state index is 12.7. The first-order valence-corrected chi connectivity index (χ1v) is 9.53. The summed E-state index contributed by atoms with van der Waals surface area (Å²) in [6.07, 6.45) is 0.256. The average molecular weight is 394 g/mol. The van der Waals surface area contributed by atoms with Crippen molar-refractivity contribution in [1.82, 2.24) is 10.2 Å². The molecule has 1 amide bonds. The number of ether oxygens (including phenoxy) is 1. The van der Waals surface area contributed by atoms with E-state index in [2.05, 4.69) is 16.3 Å². The Labute approximate surface area is 166 Å². The van der Waals surface area contributed by atoms with Crippen LogP contribution in [0.1, 0.15) is 6.42 Å². The number of thioether (sulfide) groups is 1. The SMILES string of the molecule is COc1cccc(-c2nnc(SCC(=O)N(CCC#N)c3ccccc3)o2)c1. The second-order valence-corrected chi connectivity index (χ2v) is 6.61. The van der Waals surface area contributed by atoms with Gasteiger partial charge in [0.15, 0.2) is 0 Å². The summed E-state index contributed by atoms with van der Waals surface area (Å²) in [6.45, 7) is 0.332. The van der Waals surface area contributed by atoms with Crippen LogP contribution in [0.5, 0.6) is 5.75 Å². The third kappa shape index (κ3) is 4.90. The highest BCUT2D eigenvalue weighted by Crippen LogP contribution is 2.26. The summed E-state index contributed by atoms with van der Waals surface area (Å²) < 4.78 is 10.8. The van der Waals surface area contributed by atoms with Gasteiger partial charge in [-0.25, -0.2) is 0 Å². The van der Waals surface area contributed by atoms with Crippen LogP contribution in [0.3, 0.4) is 0 Å². The van der Waals surface area contributed by atoms with Gasteiger partial charge in [0.05, 0.1) is 25.4 Å². The smallest absolute Gasteiger partial charge is 0.277 e. The minimum atomic E-state index is -0.132. The van der Waals surface area contributed by atoms with Gasteiger partial charge in [-0.15, -0.1) is 10.2 Å². The lowest BCUT2D eigenvalue weighted by Gasteiger charge is -2.21. The number of amides is 1. The molecule has 0 saturated heterocycles. The number of aromatic nitrogens is 2. The molecule has 0 aliphatic carbocycles. The summed E-state index contributed by atoms with van der Waals surface area (Å²) in [7, 11) is 1.59. The molecular weight excluding hydrogens is 376 g/mol. The second kappa shape index (κ2) is 9.58. The van der Waals surface area contributed by atoms with Crippen LogP contribution in [-0.2, 0) is 4.79 Å². The zero-order valence-electron chi connectivity index (χ0n) is 15.2. The van der Waals surface area contributed by atoms with Gasteiger partial charge in [0, 0.05) is 17.8 Å². The number of methoxy groups -OCH3 is 1. The van der Waals surface area contributed by atoms with Crippen molar-refractivity contribution in [1.29, 1.82) is 5.26 Å². The maximum absolute atomic E-state index is 12.7. The quantitative estimate of drug-likeness (QED) is 0.537. The van der Waals surface area contributed by atoms with Crippen LogP contribution in [0.2, 0.25) is 0 Å². The van der Waals surface area contributed by atoms with E-state index in [0.717, 1.165) is 23.0 Å². The van der Waals surface area contributed by atoms with Crippen LogP contribution in [0, 0.1) is 11.3 Å². The second-order valence-electron chi connectivity index (χ2n) is 5.68. The molecule has 142 valence electrons. The zero-order chi connectivity index (χ0) is 19.8. The Kier molecular flexibility index (Phi) is 6.65.